The maximum Gasteiger partial charge on any atom is 0.257 e. The van der Waals surface area contributed by atoms with Crippen molar-refractivity contribution in [1.82, 2.24) is 4.98 Å². The fraction of sp³-hybridized carbons (Fsp3) is 0.111. The van der Waals surface area contributed by atoms with Gasteiger partial charge in [-0.15, -0.1) is 11.3 Å². The first kappa shape index (κ1) is 16.7. The van der Waals surface area contributed by atoms with Crippen LogP contribution in [0.15, 0.2) is 59.2 Å². The van der Waals surface area contributed by atoms with E-state index in [1.54, 1.807) is 37.6 Å². The van der Waals surface area contributed by atoms with Crippen molar-refractivity contribution in [1.29, 1.82) is 0 Å². The van der Waals surface area contributed by atoms with E-state index >= 15 is 0 Å². The van der Waals surface area contributed by atoms with E-state index in [9.17, 15) is 4.79 Å². The van der Waals surface area contributed by atoms with Gasteiger partial charge in [-0.25, -0.2) is 4.98 Å². The quantitative estimate of drug-likeness (QED) is 0.669. The van der Waals surface area contributed by atoms with Gasteiger partial charge in [0.15, 0.2) is 5.13 Å². The van der Waals surface area contributed by atoms with Gasteiger partial charge < -0.3 is 4.74 Å². The molecule has 1 N–H and O–H groups in total. The van der Waals surface area contributed by atoms with Gasteiger partial charge in [0, 0.05) is 27.5 Å². The Kier molecular flexibility index (Phi) is 5.27. The van der Waals surface area contributed by atoms with E-state index in [-0.39, 0.29) is 5.91 Å². The van der Waals surface area contributed by atoms with Crippen LogP contribution in [0.2, 0.25) is 0 Å². The molecule has 0 spiro atoms. The minimum Gasteiger partial charge on any atom is -0.497 e. The number of thiazole rings is 1. The fourth-order valence-electron chi connectivity index (χ4n) is 2.18. The molecule has 6 heteroatoms. The molecule has 0 aliphatic carbocycles. The summed E-state index contributed by atoms with van der Waals surface area (Å²) >= 11 is 4.91. The molecule has 4 nitrogen and oxygen atoms in total. The van der Waals surface area contributed by atoms with E-state index in [1.165, 1.54) is 16.9 Å². The van der Waals surface area contributed by atoms with E-state index in [0.29, 0.717) is 16.4 Å². The van der Waals surface area contributed by atoms with Crippen LogP contribution in [0.3, 0.4) is 0 Å². The highest BCUT2D eigenvalue weighted by atomic mass is 79.9. The molecule has 0 aliphatic heterocycles. The van der Waals surface area contributed by atoms with E-state index < -0.39 is 0 Å². The lowest BCUT2D eigenvalue weighted by atomic mass is 10.1. The van der Waals surface area contributed by atoms with Crippen molar-refractivity contribution in [2.75, 3.05) is 12.4 Å². The molecule has 122 valence electrons. The molecule has 0 unspecified atom stereocenters. The molecule has 0 atom stereocenters. The summed E-state index contributed by atoms with van der Waals surface area (Å²) in [6.07, 6.45) is 2.59. The Morgan fingerprint density at radius 3 is 2.79 bits per heavy atom. The Labute approximate surface area is 152 Å². The van der Waals surface area contributed by atoms with Crippen molar-refractivity contribution in [3.8, 4) is 5.75 Å². The van der Waals surface area contributed by atoms with Gasteiger partial charge >= 0.3 is 0 Å². The first-order valence-electron chi connectivity index (χ1n) is 7.28. The summed E-state index contributed by atoms with van der Waals surface area (Å²) in [6, 6.07) is 15.2. The zero-order valence-electron chi connectivity index (χ0n) is 13.0. The molecular weight excluding hydrogens is 388 g/mol. The second kappa shape index (κ2) is 7.59. The standard InChI is InChI=1S/C18H15BrN2O2S/c1-23-15-4-2-3-13(10-15)17(22)21-18-20-11-16(24-18)9-12-5-7-14(19)8-6-12/h2-8,10-11H,9H2,1H3,(H,20,21,22). The highest BCUT2D eigenvalue weighted by molar-refractivity contribution is 9.10. The van der Waals surface area contributed by atoms with Gasteiger partial charge in [-0.2, -0.15) is 0 Å². The summed E-state index contributed by atoms with van der Waals surface area (Å²) in [5.41, 5.74) is 1.74. The number of nitrogens with zero attached hydrogens (tertiary/aromatic N) is 1. The molecule has 2 aromatic carbocycles. The summed E-state index contributed by atoms with van der Waals surface area (Å²) in [5.74, 6) is 0.455. The lowest BCUT2D eigenvalue weighted by Gasteiger charge is -2.04. The number of carbonyl (C=O) groups is 1. The number of methoxy groups -OCH3 is 1. The van der Waals surface area contributed by atoms with Crippen molar-refractivity contribution < 1.29 is 9.53 Å². The summed E-state index contributed by atoms with van der Waals surface area (Å²) in [6.45, 7) is 0. The van der Waals surface area contributed by atoms with Gasteiger partial charge in [-0.1, -0.05) is 34.1 Å². The van der Waals surface area contributed by atoms with Gasteiger partial charge in [0.25, 0.3) is 5.91 Å². The van der Waals surface area contributed by atoms with E-state index in [0.717, 1.165) is 15.8 Å². The van der Waals surface area contributed by atoms with E-state index in [2.05, 4.69) is 38.4 Å². The molecule has 0 radical (unpaired) electrons. The molecule has 1 amide bonds. The van der Waals surface area contributed by atoms with Gasteiger partial charge in [0.05, 0.1) is 7.11 Å². The van der Waals surface area contributed by atoms with Crippen molar-refractivity contribution in [2.45, 2.75) is 6.42 Å². The van der Waals surface area contributed by atoms with Crippen LogP contribution in [0, 0.1) is 0 Å². The van der Waals surface area contributed by atoms with Crippen LogP contribution < -0.4 is 10.1 Å². The zero-order valence-corrected chi connectivity index (χ0v) is 15.4. The number of amides is 1. The maximum atomic E-state index is 12.3. The number of benzene rings is 2. The van der Waals surface area contributed by atoms with Gasteiger partial charge in [0.1, 0.15) is 5.75 Å². The van der Waals surface area contributed by atoms with E-state index in [4.69, 9.17) is 4.74 Å². The number of anilines is 1. The smallest absolute Gasteiger partial charge is 0.257 e. The molecule has 0 fully saturated rings. The highest BCUT2D eigenvalue weighted by Gasteiger charge is 2.10. The molecule has 0 saturated carbocycles. The summed E-state index contributed by atoms with van der Waals surface area (Å²) in [7, 11) is 1.58. The molecule has 0 aliphatic rings. The number of hydrogen-bond acceptors (Lipinski definition) is 4. The van der Waals surface area contributed by atoms with E-state index in [1.807, 2.05) is 12.1 Å². The van der Waals surface area contributed by atoms with Gasteiger partial charge in [0.2, 0.25) is 0 Å². The van der Waals surface area contributed by atoms with Gasteiger partial charge in [-0.3, -0.25) is 10.1 Å². The third-order valence-corrected chi connectivity index (χ3v) is 4.84. The van der Waals surface area contributed by atoms with Crippen LogP contribution in [-0.4, -0.2) is 18.0 Å². The van der Waals surface area contributed by atoms with Crippen LogP contribution >= 0.6 is 27.3 Å². The highest BCUT2D eigenvalue weighted by Crippen LogP contribution is 2.23. The number of rotatable bonds is 5. The molecular formula is C18H15BrN2O2S. The largest absolute Gasteiger partial charge is 0.497 e. The summed E-state index contributed by atoms with van der Waals surface area (Å²) < 4.78 is 6.19. The molecule has 3 rings (SSSR count). The van der Waals surface area contributed by atoms with Crippen LogP contribution in [0.25, 0.3) is 0 Å². The second-order valence-electron chi connectivity index (χ2n) is 5.12. The number of ether oxygens (including phenoxy) is 1. The van der Waals surface area contributed by atoms with Crippen molar-refractivity contribution in [2.24, 2.45) is 0 Å². The normalized spacial score (nSPS) is 10.4. The molecule has 0 bridgehead atoms. The molecule has 0 saturated heterocycles. The Morgan fingerprint density at radius 2 is 2.04 bits per heavy atom. The van der Waals surface area contributed by atoms with Crippen molar-refractivity contribution in [3.63, 3.8) is 0 Å². The lowest BCUT2D eigenvalue weighted by molar-refractivity contribution is 0.102. The van der Waals surface area contributed by atoms with Crippen LogP contribution in [0.1, 0.15) is 20.8 Å². The predicted molar refractivity (Wildman–Crippen MR) is 100 cm³/mol. The third-order valence-electron chi connectivity index (χ3n) is 3.40. The predicted octanol–water partition coefficient (Wildman–Crippen LogP) is 4.76. The summed E-state index contributed by atoms with van der Waals surface area (Å²) in [4.78, 5) is 17.7. The van der Waals surface area contributed by atoms with Crippen LogP contribution in [0.5, 0.6) is 5.75 Å². The maximum absolute atomic E-state index is 12.3. The number of hydrogen-bond donors (Lipinski definition) is 1. The van der Waals surface area contributed by atoms with Crippen LogP contribution in [0.4, 0.5) is 5.13 Å². The SMILES string of the molecule is COc1cccc(C(=O)Nc2ncc(Cc3ccc(Br)cc3)s2)c1. The number of halogens is 1. The Balaban J connectivity index is 1.67. The molecule has 1 aromatic heterocycles. The Hall–Kier alpha value is -2.18. The Bertz CT molecular complexity index is 846. The molecule has 3 aromatic rings. The topological polar surface area (TPSA) is 51.2 Å². The van der Waals surface area contributed by atoms with Crippen LogP contribution in [-0.2, 0) is 6.42 Å². The second-order valence-corrected chi connectivity index (χ2v) is 7.15. The third kappa shape index (κ3) is 4.21. The monoisotopic (exact) mass is 402 g/mol. The van der Waals surface area contributed by atoms with Crippen molar-refractivity contribution in [3.05, 3.63) is 75.2 Å². The number of nitrogens with one attached hydrogen (secondary N) is 1. The average Bonchev–Trinajstić information content (AvgIpc) is 3.04. The zero-order chi connectivity index (χ0) is 16.9. The first-order chi connectivity index (χ1) is 11.6. The molecule has 1 heterocycles. The number of carbonyl (C=O) groups excluding carboxylic acids is 1. The minimum absolute atomic E-state index is 0.196. The first-order valence-corrected chi connectivity index (χ1v) is 8.89. The number of aromatic nitrogens is 1. The molecule has 24 heavy (non-hydrogen) atoms. The fourth-order valence-corrected chi connectivity index (χ4v) is 3.29. The van der Waals surface area contributed by atoms with Gasteiger partial charge in [-0.05, 0) is 35.9 Å². The summed E-state index contributed by atoms with van der Waals surface area (Å²) in [5, 5.41) is 3.42. The lowest BCUT2D eigenvalue weighted by Crippen LogP contribution is -2.11. The Morgan fingerprint density at radius 1 is 1.25 bits per heavy atom. The van der Waals surface area contributed by atoms with Crippen molar-refractivity contribution >= 4 is 38.3 Å². The minimum atomic E-state index is -0.196. The average molecular weight is 403 g/mol.